The predicted octanol–water partition coefficient (Wildman–Crippen LogP) is 4.15. The summed E-state index contributed by atoms with van der Waals surface area (Å²) in [5.41, 5.74) is 9.02. The monoisotopic (exact) mass is 414 g/mol. The molecule has 3 aromatic rings. The molecule has 3 N–H and O–H groups in total. The number of hydrogen-bond donors (Lipinski definition) is 2. The van der Waals surface area contributed by atoms with Gasteiger partial charge in [0.15, 0.2) is 11.4 Å². The fraction of sp³-hybridized carbons (Fsp3) is 0.381. The van der Waals surface area contributed by atoms with Crippen molar-refractivity contribution in [2.75, 3.05) is 28.4 Å². The maximum absolute atomic E-state index is 12.7. The Hall–Kier alpha value is -2.74. The van der Waals surface area contributed by atoms with Crippen molar-refractivity contribution in [1.29, 1.82) is 0 Å². The Kier molecular flexibility index (Phi) is 4.69. The van der Waals surface area contributed by atoms with Crippen molar-refractivity contribution >= 4 is 38.2 Å². The van der Waals surface area contributed by atoms with Gasteiger partial charge in [0.25, 0.3) is 10.0 Å². The van der Waals surface area contributed by atoms with Crippen molar-refractivity contribution in [3.63, 3.8) is 0 Å². The van der Waals surface area contributed by atoms with Crippen molar-refractivity contribution in [3.8, 4) is 0 Å². The first-order chi connectivity index (χ1) is 13.6. The summed E-state index contributed by atoms with van der Waals surface area (Å²) in [4.78, 5) is 2.46. The number of nitrogens with one attached hydrogen (secondary N) is 1. The third kappa shape index (κ3) is 3.89. The number of nitrogen functional groups attached to an aromatic ring is 1. The Morgan fingerprint density at radius 1 is 1.14 bits per heavy atom. The minimum atomic E-state index is -3.80. The van der Waals surface area contributed by atoms with Gasteiger partial charge < -0.3 is 15.2 Å². The van der Waals surface area contributed by atoms with Crippen LogP contribution < -0.4 is 15.4 Å². The predicted molar refractivity (Wildman–Crippen MR) is 116 cm³/mol. The molecule has 1 aliphatic heterocycles. The number of aromatic nitrogens is 1. The highest BCUT2D eigenvalue weighted by Crippen LogP contribution is 2.34. The normalized spacial score (nSPS) is 16.9. The second-order valence-electron chi connectivity index (χ2n) is 8.49. The number of nitrogens with two attached hydrogens (primary N) is 1. The van der Waals surface area contributed by atoms with Gasteiger partial charge in [0, 0.05) is 30.5 Å². The number of sulfonamides is 1. The Balaban J connectivity index is 1.58. The van der Waals surface area contributed by atoms with Crippen LogP contribution in [0.25, 0.3) is 11.0 Å². The van der Waals surface area contributed by atoms with Crippen LogP contribution in [0.4, 0.5) is 17.2 Å². The van der Waals surface area contributed by atoms with Crippen LogP contribution in [0.5, 0.6) is 0 Å². The van der Waals surface area contributed by atoms with E-state index in [4.69, 9.17) is 10.3 Å². The second-order valence-corrected chi connectivity index (χ2v) is 10.2. The zero-order valence-corrected chi connectivity index (χ0v) is 17.7. The third-order valence-corrected chi connectivity index (χ3v) is 7.06. The molecule has 0 bridgehead atoms. The van der Waals surface area contributed by atoms with E-state index in [1.807, 2.05) is 18.2 Å². The molecule has 154 valence electrons. The molecule has 0 radical (unpaired) electrons. The molecule has 1 aromatic heterocycles. The number of piperidine rings is 1. The molecule has 2 heterocycles. The second kappa shape index (κ2) is 6.95. The van der Waals surface area contributed by atoms with E-state index < -0.39 is 10.0 Å². The van der Waals surface area contributed by atoms with Crippen LogP contribution in [0.1, 0.15) is 32.3 Å². The first-order valence-electron chi connectivity index (χ1n) is 9.68. The molecule has 0 amide bonds. The summed E-state index contributed by atoms with van der Waals surface area (Å²) >= 11 is 0. The number of anilines is 3. The molecule has 8 heteroatoms. The van der Waals surface area contributed by atoms with E-state index in [0.29, 0.717) is 27.6 Å². The van der Waals surface area contributed by atoms with E-state index in [9.17, 15) is 8.42 Å². The Bertz CT molecular complexity index is 1160. The molecule has 1 aliphatic rings. The summed E-state index contributed by atoms with van der Waals surface area (Å²) < 4.78 is 33.4. The van der Waals surface area contributed by atoms with Gasteiger partial charge in [-0.3, -0.25) is 4.72 Å². The molecule has 29 heavy (non-hydrogen) atoms. The van der Waals surface area contributed by atoms with Gasteiger partial charge in [-0.25, -0.2) is 8.42 Å². The van der Waals surface area contributed by atoms with Crippen LogP contribution in [-0.4, -0.2) is 26.7 Å². The number of fused-ring (bicyclic) bond motifs is 1. The lowest BCUT2D eigenvalue weighted by molar-refractivity contribution is 0.280. The van der Waals surface area contributed by atoms with Crippen molar-refractivity contribution in [3.05, 3.63) is 42.0 Å². The van der Waals surface area contributed by atoms with Gasteiger partial charge in [-0.05, 0) is 61.1 Å². The minimum Gasteiger partial charge on any atom is -0.399 e. The minimum absolute atomic E-state index is 0.132. The quantitative estimate of drug-likeness (QED) is 0.622. The van der Waals surface area contributed by atoms with Crippen molar-refractivity contribution in [2.24, 2.45) is 5.41 Å². The zero-order valence-electron chi connectivity index (χ0n) is 16.9. The molecule has 0 unspecified atom stereocenters. The van der Waals surface area contributed by atoms with Crippen LogP contribution >= 0.6 is 0 Å². The van der Waals surface area contributed by atoms with Gasteiger partial charge in [0.2, 0.25) is 0 Å². The molecule has 0 saturated carbocycles. The SMILES string of the molecule is Cc1cc(S(=O)(=O)Nc2noc3cc(N4CCC(C)(C)CC4)ccc23)ccc1N. The summed E-state index contributed by atoms with van der Waals surface area (Å²) in [5.74, 6) is 0.181. The lowest BCUT2D eigenvalue weighted by atomic mass is 9.82. The fourth-order valence-electron chi connectivity index (χ4n) is 3.57. The Morgan fingerprint density at radius 2 is 1.86 bits per heavy atom. The van der Waals surface area contributed by atoms with E-state index >= 15 is 0 Å². The largest absolute Gasteiger partial charge is 0.399 e. The lowest BCUT2D eigenvalue weighted by Gasteiger charge is -2.38. The van der Waals surface area contributed by atoms with Gasteiger partial charge in [-0.2, -0.15) is 0 Å². The summed E-state index contributed by atoms with van der Waals surface area (Å²) in [6, 6.07) is 10.4. The summed E-state index contributed by atoms with van der Waals surface area (Å²) in [5, 5.41) is 4.57. The van der Waals surface area contributed by atoms with Crippen LogP contribution in [0, 0.1) is 12.3 Å². The highest BCUT2D eigenvalue weighted by molar-refractivity contribution is 7.92. The molecular formula is C21H26N4O3S. The topological polar surface area (TPSA) is 101 Å². The standard InChI is InChI=1S/C21H26N4O3S/c1-14-12-16(5-7-18(14)22)29(26,27)24-20-17-6-4-15(13-19(17)28-23-20)25-10-8-21(2,3)9-11-25/h4-7,12-13H,8-11,22H2,1-3H3,(H,23,24). The molecule has 1 fully saturated rings. The van der Waals surface area contributed by atoms with Crippen LogP contribution in [0.15, 0.2) is 45.8 Å². The van der Waals surface area contributed by atoms with Crippen molar-refractivity contribution in [1.82, 2.24) is 5.16 Å². The maximum atomic E-state index is 12.7. The average molecular weight is 415 g/mol. The fourth-order valence-corrected chi connectivity index (χ4v) is 4.67. The molecule has 2 aromatic carbocycles. The number of aryl methyl sites for hydroxylation is 1. The number of benzene rings is 2. The third-order valence-electron chi connectivity index (χ3n) is 5.72. The smallest absolute Gasteiger partial charge is 0.263 e. The molecule has 1 saturated heterocycles. The highest BCUT2D eigenvalue weighted by Gasteiger charge is 2.26. The number of nitrogens with zero attached hydrogens (tertiary/aromatic N) is 2. The van der Waals surface area contributed by atoms with E-state index in [2.05, 4.69) is 28.6 Å². The van der Waals surface area contributed by atoms with Crippen molar-refractivity contribution < 1.29 is 12.9 Å². The average Bonchev–Trinajstić information content (AvgIpc) is 3.05. The number of rotatable bonds is 4. The summed E-state index contributed by atoms with van der Waals surface area (Å²) in [6.07, 6.45) is 2.26. The molecule has 0 aliphatic carbocycles. The molecule has 0 atom stereocenters. The molecule has 4 rings (SSSR count). The summed E-state index contributed by atoms with van der Waals surface area (Å²) in [6.45, 7) is 8.34. The van der Waals surface area contributed by atoms with Crippen LogP contribution in [0.2, 0.25) is 0 Å². The molecule has 0 spiro atoms. The van der Waals surface area contributed by atoms with Crippen molar-refractivity contribution in [2.45, 2.75) is 38.5 Å². The van der Waals surface area contributed by atoms with Gasteiger partial charge >= 0.3 is 0 Å². The summed E-state index contributed by atoms with van der Waals surface area (Å²) in [7, 11) is -3.80. The number of hydrogen-bond acceptors (Lipinski definition) is 6. The van der Waals surface area contributed by atoms with E-state index in [1.165, 1.54) is 12.1 Å². The zero-order chi connectivity index (χ0) is 20.8. The first-order valence-corrected chi connectivity index (χ1v) is 11.2. The Morgan fingerprint density at radius 3 is 2.55 bits per heavy atom. The van der Waals surface area contributed by atoms with Gasteiger partial charge in [0.05, 0.1) is 10.3 Å². The molecular weight excluding hydrogens is 388 g/mol. The van der Waals surface area contributed by atoms with Crippen LogP contribution in [-0.2, 0) is 10.0 Å². The van der Waals surface area contributed by atoms with Gasteiger partial charge in [0.1, 0.15) is 0 Å². The van der Waals surface area contributed by atoms with E-state index in [0.717, 1.165) is 31.6 Å². The van der Waals surface area contributed by atoms with Crippen LogP contribution in [0.3, 0.4) is 0 Å². The first kappa shape index (κ1) is 19.6. The lowest BCUT2D eigenvalue weighted by Crippen LogP contribution is -2.37. The maximum Gasteiger partial charge on any atom is 0.263 e. The van der Waals surface area contributed by atoms with E-state index in [-0.39, 0.29) is 10.7 Å². The van der Waals surface area contributed by atoms with Gasteiger partial charge in [-0.1, -0.05) is 19.0 Å². The molecule has 7 nitrogen and oxygen atoms in total. The highest BCUT2D eigenvalue weighted by atomic mass is 32.2. The Labute approximate surface area is 170 Å². The van der Waals surface area contributed by atoms with E-state index in [1.54, 1.807) is 13.0 Å². The van der Waals surface area contributed by atoms with Gasteiger partial charge in [-0.15, -0.1) is 0 Å².